The first-order valence-electron chi connectivity index (χ1n) is 5.11. The lowest BCUT2D eigenvalue weighted by Crippen LogP contribution is -2.11. The van der Waals surface area contributed by atoms with Gasteiger partial charge in [0.15, 0.2) is 11.6 Å². The van der Waals surface area contributed by atoms with Crippen molar-refractivity contribution < 1.29 is 38.2 Å². The number of cyclic esters (lactones) is 4. The summed E-state index contributed by atoms with van der Waals surface area (Å²) in [6, 6.07) is 0. The number of carbonyl (C=O) groups is 6. The second-order valence-electron chi connectivity index (χ2n) is 3.59. The number of hydrogen-bond acceptors (Lipinski definition) is 8. The number of ketones is 2. The zero-order valence-electron chi connectivity index (χ0n) is 9.58. The Bertz CT molecular complexity index is 616. The zero-order chi connectivity index (χ0) is 14.9. The maximum atomic E-state index is 11.5. The standard InChI is InChI=1S/C12H4O8/c13-7(5-3-9(15)19-11(5)17)1-2-8(14)6-4-10(16)20-12(6)18/h1-4H/b2-1-. The van der Waals surface area contributed by atoms with Gasteiger partial charge in [-0.05, 0) is 12.2 Å². The molecule has 100 valence electrons. The Balaban J connectivity index is 2.11. The summed E-state index contributed by atoms with van der Waals surface area (Å²) in [5.74, 6) is -6.07. The monoisotopic (exact) mass is 276 g/mol. The minimum atomic E-state index is -1.12. The predicted molar refractivity (Wildman–Crippen MR) is 57.5 cm³/mol. The van der Waals surface area contributed by atoms with Crippen molar-refractivity contribution in [2.45, 2.75) is 0 Å². The highest BCUT2D eigenvalue weighted by Gasteiger charge is 2.30. The number of rotatable bonds is 4. The van der Waals surface area contributed by atoms with Crippen molar-refractivity contribution >= 4 is 35.4 Å². The zero-order valence-corrected chi connectivity index (χ0v) is 9.58. The lowest BCUT2D eigenvalue weighted by molar-refractivity contribution is -0.152. The summed E-state index contributed by atoms with van der Waals surface area (Å²) < 4.78 is 8.18. The van der Waals surface area contributed by atoms with Gasteiger partial charge >= 0.3 is 23.9 Å². The molecule has 0 aromatic carbocycles. The molecular weight excluding hydrogens is 272 g/mol. The Kier molecular flexibility index (Phi) is 3.21. The van der Waals surface area contributed by atoms with E-state index >= 15 is 0 Å². The summed E-state index contributed by atoms with van der Waals surface area (Å²) in [4.78, 5) is 66.5. The molecule has 0 aromatic rings. The van der Waals surface area contributed by atoms with Crippen molar-refractivity contribution in [1.29, 1.82) is 0 Å². The average Bonchev–Trinajstić information content (AvgIpc) is 2.88. The van der Waals surface area contributed by atoms with E-state index in [1.165, 1.54) is 0 Å². The van der Waals surface area contributed by atoms with Crippen LogP contribution in [0.2, 0.25) is 0 Å². The number of allylic oxidation sites excluding steroid dienone is 2. The van der Waals surface area contributed by atoms with Crippen LogP contribution in [0.3, 0.4) is 0 Å². The normalized spacial score (nSPS) is 18.0. The van der Waals surface area contributed by atoms with Crippen molar-refractivity contribution in [2.75, 3.05) is 0 Å². The third-order valence-corrected chi connectivity index (χ3v) is 2.27. The number of ether oxygens (including phenoxy) is 2. The van der Waals surface area contributed by atoms with Gasteiger partial charge in [0.2, 0.25) is 0 Å². The van der Waals surface area contributed by atoms with Crippen LogP contribution in [0, 0.1) is 0 Å². The van der Waals surface area contributed by atoms with E-state index in [-0.39, 0.29) is 0 Å². The summed E-state index contributed by atoms with van der Waals surface area (Å²) in [6.07, 6.45) is 2.74. The van der Waals surface area contributed by atoms with E-state index < -0.39 is 46.6 Å². The van der Waals surface area contributed by atoms with Crippen LogP contribution < -0.4 is 0 Å². The number of hydrogen-bond donors (Lipinski definition) is 0. The van der Waals surface area contributed by atoms with Crippen LogP contribution in [-0.4, -0.2) is 35.4 Å². The van der Waals surface area contributed by atoms with Gasteiger partial charge in [-0.3, -0.25) is 9.59 Å². The van der Waals surface area contributed by atoms with Gasteiger partial charge in [0.25, 0.3) is 0 Å². The van der Waals surface area contributed by atoms with Crippen molar-refractivity contribution in [2.24, 2.45) is 0 Å². The highest BCUT2D eigenvalue weighted by Crippen LogP contribution is 2.12. The quantitative estimate of drug-likeness (QED) is 0.269. The molecule has 8 heteroatoms. The van der Waals surface area contributed by atoms with E-state index in [0.717, 1.165) is 0 Å². The Labute approximate surface area is 110 Å². The molecule has 2 rings (SSSR count). The molecule has 0 fully saturated rings. The third kappa shape index (κ3) is 2.48. The second kappa shape index (κ2) is 4.84. The highest BCUT2D eigenvalue weighted by molar-refractivity contribution is 6.32. The molecule has 0 N–H and O–H groups in total. The van der Waals surface area contributed by atoms with E-state index in [0.29, 0.717) is 24.3 Å². The van der Waals surface area contributed by atoms with Crippen molar-refractivity contribution in [1.82, 2.24) is 0 Å². The molecule has 0 aliphatic carbocycles. The van der Waals surface area contributed by atoms with Crippen molar-refractivity contribution in [3.63, 3.8) is 0 Å². The predicted octanol–water partition coefficient (Wildman–Crippen LogP) is -1.30. The summed E-state index contributed by atoms with van der Waals surface area (Å²) in [6.45, 7) is 0. The fourth-order valence-electron chi connectivity index (χ4n) is 1.38. The maximum Gasteiger partial charge on any atom is 0.350 e. The van der Waals surface area contributed by atoms with E-state index in [4.69, 9.17) is 0 Å². The molecule has 20 heavy (non-hydrogen) atoms. The van der Waals surface area contributed by atoms with Crippen LogP contribution in [-0.2, 0) is 38.2 Å². The topological polar surface area (TPSA) is 121 Å². The summed E-state index contributed by atoms with van der Waals surface area (Å²) in [5, 5.41) is 0. The lowest BCUT2D eigenvalue weighted by Gasteiger charge is -1.93. The molecule has 0 radical (unpaired) electrons. The van der Waals surface area contributed by atoms with Crippen molar-refractivity contribution in [3.05, 3.63) is 35.5 Å². The highest BCUT2D eigenvalue weighted by atomic mass is 16.6. The molecule has 0 saturated carbocycles. The number of carbonyl (C=O) groups excluding carboxylic acids is 6. The molecule has 0 aromatic heterocycles. The largest absolute Gasteiger partial charge is 0.386 e. The Morgan fingerprint density at radius 3 is 1.35 bits per heavy atom. The minimum Gasteiger partial charge on any atom is -0.386 e. The van der Waals surface area contributed by atoms with E-state index in [2.05, 4.69) is 9.47 Å². The Morgan fingerprint density at radius 1 is 0.750 bits per heavy atom. The lowest BCUT2D eigenvalue weighted by atomic mass is 10.1. The molecule has 0 saturated heterocycles. The smallest absolute Gasteiger partial charge is 0.350 e. The van der Waals surface area contributed by atoms with Gasteiger partial charge in [0.1, 0.15) is 11.1 Å². The van der Waals surface area contributed by atoms with E-state index in [1.54, 1.807) is 0 Å². The van der Waals surface area contributed by atoms with Crippen LogP contribution in [0.5, 0.6) is 0 Å². The van der Waals surface area contributed by atoms with Crippen LogP contribution in [0.15, 0.2) is 35.5 Å². The summed E-state index contributed by atoms with van der Waals surface area (Å²) in [7, 11) is 0. The van der Waals surface area contributed by atoms with Gasteiger partial charge in [-0.2, -0.15) is 0 Å². The first-order valence-corrected chi connectivity index (χ1v) is 5.11. The van der Waals surface area contributed by atoms with Gasteiger partial charge in [-0.25, -0.2) is 19.2 Å². The Hall–Kier alpha value is -3.16. The fraction of sp³-hybridized carbons (Fsp3) is 0. The van der Waals surface area contributed by atoms with Crippen LogP contribution >= 0.6 is 0 Å². The van der Waals surface area contributed by atoms with Gasteiger partial charge < -0.3 is 9.47 Å². The second-order valence-corrected chi connectivity index (χ2v) is 3.59. The first-order chi connectivity index (χ1) is 9.38. The van der Waals surface area contributed by atoms with Gasteiger partial charge in [-0.1, -0.05) is 0 Å². The van der Waals surface area contributed by atoms with Gasteiger partial charge in [0, 0.05) is 12.2 Å². The third-order valence-electron chi connectivity index (χ3n) is 2.27. The summed E-state index contributed by atoms with van der Waals surface area (Å²) in [5.41, 5.74) is -1.06. The fourth-order valence-corrected chi connectivity index (χ4v) is 1.38. The molecule has 0 bridgehead atoms. The molecule has 2 aliphatic heterocycles. The van der Waals surface area contributed by atoms with Crippen LogP contribution in [0.1, 0.15) is 0 Å². The minimum absolute atomic E-state index is 0.530. The molecule has 2 aliphatic rings. The van der Waals surface area contributed by atoms with Gasteiger partial charge in [-0.15, -0.1) is 0 Å². The van der Waals surface area contributed by atoms with E-state index in [1.807, 2.05) is 0 Å². The Morgan fingerprint density at radius 2 is 1.10 bits per heavy atom. The molecule has 0 spiro atoms. The van der Waals surface area contributed by atoms with Crippen LogP contribution in [0.25, 0.3) is 0 Å². The molecular formula is C12H4O8. The SMILES string of the molecule is O=C1C=C(C(=O)/C=C\C(=O)C2=CC(=O)OC2=O)C(=O)O1. The average molecular weight is 276 g/mol. The summed E-state index contributed by atoms with van der Waals surface area (Å²) >= 11 is 0. The molecule has 0 unspecified atom stereocenters. The molecule has 2 heterocycles. The van der Waals surface area contributed by atoms with Crippen molar-refractivity contribution in [3.8, 4) is 0 Å². The van der Waals surface area contributed by atoms with Gasteiger partial charge in [0.05, 0.1) is 0 Å². The van der Waals surface area contributed by atoms with E-state index in [9.17, 15) is 28.8 Å². The molecule has 0 amide bonds. The maximum absolute atomic E-state index is 11.5. The first kappa shape index (κ1) is 13.3. The molecule has 0 atom stereocenters. The van der Waals surface area contributed by atoms with Crippen LogP contribution in [0.4, 0.5) is 0 Å². The molecule has 8 nitrogen and oxygen atoms in total. The number of esters is 4.